The minimum atomic E-state index is -0.712. The van der Waals surface area contributed by atoms with Gasteiger partial charge >= 0.3 is 0 Å². The molecule has 3 heterocycles. The first-order chi connectivity index (χ1) is 13.2. The van der Waals surface area contributed by atoms with Gasteiger partial charge in [-0.15, -0.1) is 0 Å². The highest BCUT2D eigenvalue weighted by Crippen LogP contribution is 2.35. The van der Waals surface area contributed by atoms with Gasteiger partial charge in [0.05, 0.1) is 43.0 Å². The molecular formula is C22H21N3O2. The Balaban J connectivity index is 1.75. The van der Waals surface area contributed by atoms with Gasteiger partial charge in [0.25, 0.3) is 0 Å². The SMILES string of the molecule is Cc1ncc2n1-c1ccc(C3(C)OCCO3)cc1C(c1ccccc1)=NC2. The molecule has 5 nitrogen and oxygen atoms in total. The normalized spacial score (nSPS) is 17.8. The van der Waals surface area contributed by atoms with Crippen LogP contribution < -0.4 is 0 Å². The molecule has 0 spiro atoms. The summed E-state index contributed by atoms with van der Waals surface area (Å²) in [7, 11) is 0. The maximum atomic E-state index is 5.89. The van der Waals surface area contributed by atoms with Gasteiger partial charge in [-0.05, 0) is 26.0 Å². The quantitative estimate of drug-likeness (QED) is 0.700. The summed E-state index contributed by atoms with van der Waals surface area (Å²) < 4.78 is 14.0. The van der Waals surface area contributed by atoms with Gasteiger partial charge in [0.15, 0.2) is 5.79 Å². The van der Waals surface area contributed by atoms with Crippen LogP contribution in [0.3, 0.4) is 0 Å². The van der Waals surface area contributed by atoms with Crippen LogP contribution in [0.2, 0.25) is 0 Å². The zero-order valence-electron chi connectivity index (χ0n) is 15.5. The van der Waals surface area contributed by atoms with Gasteiger partial charge in [0, 0.05) is 16.7 Å². The number of aryl methyl sites for hydroxylation is 1. The molecule has 27 heavy (non-hydrogen) atoms. The summed E-state index contributed by atoms with van der Waals surface area (Å²) in [6.07, 6.45) is 1.91. The number of imidazole rings is 1. The lowest BCUT2D eigenvalue weighted by molar-refractivity contribution is -0.149. The number of nitrogens with zero attached hydrogens (tertiary/aromatic N) is 3. The van der Waals surface area contributed by atoms with Crippen LogP contribution in [0.5, 0.6) is 0 Å². The molecule has 2 aromatic carbocycles. The van der Waals surface area contributed by atoms with Gasteiger partial charge in [0.2, 0.25) is 0 Å². The lowest BCUT2D eigenvalue weighted by Crippen LogP contribution is -2.23. The zero-order valence-corrected chi connectivity index (χ0v) is 15.5. The number of ether oxygens (including phenoxy) is 2. The third-order valence-corrected chi connectivity index (χ3v) is 5.31. The fourth-order valence-corrected chi connectivity index (χ4v) is 3.90. The minimum absolute atomic E-state index is 0.597. The largest absolute Gasteiger partial charge is 0.344 e. The predicted octanol–water partition coefficient (Wildman–Crippen LogP) is 3.75. The second kappa shape index (κ2) is 6.15. The number of hydrogen-bond donors (Lipinski definition) is 0. The summed E-state index contributed by atoms with van der Waals surface area (Å²) in [6.45, 7) is 5.82. The Morgan fingerprint density at radius 3 is 2.59 bits per heavy atom. The van der Waals surface area contributed by atoms with Crippen molar-refractivity contribution in [2.45, 2.75) is 26.2 Å². The number of rotatable bonds is 2. The topological polar surface area (TPSA) is 48.6 Å². The highest BCUT2D eigenvalue weighted by molar-refractivity contribution is 6.15. The molecule has 5 heteroatoms. The monoisotopic (exact) mass is 359 g/mol. The summed E-state index contributed by atoms with van der Waals surface area (Å²) in [5.41, 5.74) is 6.34. The molecule has 1 saturated heterocycles. The van der Waals surface area contributed by atoms with Crippen molar-refractivity contribution in [2.75, 3.05) is 13.2 Å². The lowest BCUT2D eigenvalue weighted by atomic mass is 9.96. The van der Waals surface area contributed by atoms with Crippen LogP contribution in [0.15, 0.2) is 59.7 Å². The van der Waals surface area contributed by atoms with Crippen molar-refractivity contribution in [3.8, 4) is 5.69 Å². The average molecular weight is 359 g/mol. The first kappa shape index (κ1) is 16.4. The number of aliphatic imine (C=N–C) groups is 1. The Hall–Kier alpha value is -2.76. The van der Waals surface area contributed by atoms with Crippen molar-refractivity contribution < 1.29 is 9.47 Å². The molecule has 0 amide bonds. The molecule has 2 aliphatic heterocycles. The van der Waals surface area contributed by atoms with Gasteiger partial charge in [0.1, 0.15) is 5.82 Å². The van der Waals surface area contributed by atoms with Crippen LogP contribution in [-0.2, 0) is 21.8 Å². The third kappa shape index (κ3) is 2.62. The van der Waals surface area contributed by atoms with Gasteiger partial charge in [-0.3, -0.25) is 9.56 Å². The van der Waals surface area contributed by atoms with Crippen molar-refractivity contribution in [1.29, 1.82) is 0 Å². The van der Waals surface area contributed by atoms with E-state index in [2.05, 4.69) is 39.9 Å². The molecule has 0 bridgehead atoms. The standard InChI is InChI=1S/C22H21N3O2/c1-15-23-13-18-14-24-21(16-6-4-3-5-7-16)19-12-17(8-9-20(19)25(15)18)22(2)26-10-11-27-22/h3-9,12-13H,10-11,14H2,1-2H3. The highest BCUT2D eigenvalue weighted by atomic mass is 16.7. The molecule has 0 saturated carbocycles. The van der Waals surface area contributed by atoms with Crippen molar-refractivity contribution in [2.24, 2.45) is 4.99 Å². The maximum absolute atomic E-state index is 5.89. The summed E-state index contributed by atoms with van der Waals surface area (Å²) in [6, 6.07) is 16.7. The molecule has 136 valence electrons. The summed E-state index contributed by atoms with van der Waals surface area (Å²) >= 11 is 0. The van der Waals surface area contributed by atoms with Gasteiger partial charge in [-0.25, -0.2) is 4.98 Å². The van der Waals surface area contributed by atoms with Crippen molar-refractivity contribution >= 4 is 5.71 Å². The highest BCUT2D eigenvalue weighted by Gasteiger charge is 2.34. The van der Waals surface area contributed by atoms with E-state index in [-0.39, 0.29) is 0 Å². The molecule has 0 radical (unpaired) electrons. The molecule has 0 N–H and O–H groups in total. The molecule has 2 aliphatic rings. The summed E-state index contributed by atoms with van der Waals surface area (Å²) in [4.78, 5) is 9.45. The number of fused-ring (bicyclic) bond motifs is 3. The van der Waals surface area contributed by atoms with E-state index in [4.69, 9.17) is 14.5 Å². The van der Waals surface area contributed by atoms with E-state index in [9.17, 15) is 0 Å². The maximum Gasteiger partial charge on any atom is 0.192 e. The number of hydrogen-bond acceptors (Lipinski definition) is 4. The Morgan fingerprint density at radius 1 is 1.04 bits per heavy atom. The minimum Gasteiger partial charge on any atom is -0.344 e. The molecule has 3 aromatic rings. The third-order valence-electron chi connectivity index (χ3n) is 5.31. The molecule has 0 atom stereocenters. The van der Waals surface area contributed by atoms with E-state index in [1.165, 1.54) is 0 Å². The van der Waals surface area contributed by atoms with Crippen molar-refractivity contribution in [3.05, 3.63) is 82.9 Å². The van der Waals surface area contributed by atoms with Crippen molar-refractivity contribution in [1.82, 2.24) is 9.55 Å². The average Bonchev–Trinajstić information content (AvgIpc) is 3.25. The van der Waals surface area contributed by atoms with Crippen LogP contribution in [0.4, 0.5) is 0 Å². The molecule has 5 rings (SSSR count). The zero-order chi connectivity index (χ0) is 18.4. The molecule has 0 unspecified atom stereocenters. The fraction of sp³-hybridized carbons (Fsp3) is 0.273. The fourth-order valence-electron chi connectivity index (χ4n) is 3.90. The Kier molecular flexibility index (Phi) is 3.74. The van der Waals surface area contributed by atoms with E-state index < -0.39 is 5.79 Å². The van der Waals surface area contributed by atoms with Crippen LogP contribution in [-0.4, -0.2) is 28.5 Å². The molecule has 0 aliphatic carbocycles. The molecule has 1 fully saturated rings. The van der Waals surface area contributed by atoms with Crippen LogP contribution >= 0.6 is 0 Å². The number of benzene rings is 2. The Labute approximate surface area is 158 Å². The first-order valence-corrected chi connectivity index (χ1v) is 9.22. The summed E-state index contributed by atoms with van der Waals surface area (Å²) in [5.74, 6) is 0.249. The smallest absolute Gasteiger partial charge is 0.192 e. The predicted molar refractivity (Wildman–Crippen MR) is 103 cm³/mol. The van der Waals surface area contributed by atoms with Gasteiger partial charge < -0.3 is 9.47 Å². The van der Waals surface area contributed by atoms with E-state index >= 15 is 0 Å². The summed E-state index contributed by atoms with van der Waals surface area (Å²) in [5, 5.41) is 0. The van der Waals surface area contributed by atoms with Crippen LogP contribution in [0.1, 0.15) is 35.1 Å². The van der Waals surface area contributed by atoms with E-state index in [1.54, 1.807) is 0 Å². The van der Waals surface area contributed by atoms with E-state index in [0.717, 1.165) is 39.6 Å². The Morgan fingerprint density at radius 2 is 1.81 bits per heavy atom. The number of aromatic nitrogens is 2. The van der Waals surface area contributed by atoms with E-state index in [0.29, 0.717) is 19.8 Å². The second-order valence-corrected chi connectivity index (χ2v) is 7.04. The van der Waals surface area contributed by atoms with E-state index in [1.807, 2.05) is 38.2 Å². The lowest BCUT2D eigenvalue weighted by Gasteiger charge is -2.24. The van der Waals surface area contributed by atoms with Crippen molar-refractivity contribution in [3.63, 3.8) is 0 Å². The van der Waals surface area contributed by atoms with Gasteiger partial charge in [-0.2, -0.15) is 0 Å². The molecule has 1 aromatic heterocycles. The van der Waals surface area contributed by atoms with Crippen LogP contribution in [0.25, 0.3) is 5.69 Å². The first-order valence-electron chi connectivity index (χ1n) is 9.22. The van der Waals surface area contributed by atoms with Crippen LogP contribution in [0, 0.1) is 6.92 Å². The molecular weight excluding hydrogens is 338 g/mol. The second-order valence-electron chi connectivity index (χ2n) is 7.04. The Bertz CT molecular complexity index is 1030. The van der Waals surface area contributed by atoms with Gasteiger partial charge in [-0.1, -0.05) is 36.4 Å².